The molecule has 0 amide bonds. The molecule has 29 heavy (non-hydrogen) atoms. The maximum atomic E-state index is 10.4. The number of fused-ring (bicyclic) bond motifs is 1. The summed E-state index contributed by atoms with van der Waals surface area (Å²) in [5, 5.41) is 33.6. The molecule has 2 aromatic rings. The Hall–Kier alpha value is -1.50. The van der Waals surface area contributed by atoms with E-state index < -0.39 is 18.3 Å². The van der Waals surface area contributed by atoms with Crippen molar-refractivity contribution in [1.82, 2.24) is 0 Å². The van der Waals surface area contributed by atoms with Crippen molar-refractivity contribution in [3.8, 4) is 0 Å². The van der Waals surface area contributed by atoms with E-state index in [9.17, 15) is 15.3 Å². The minimum Gasteiger partial charge on any atom is -0.394 e. The first-order valence-electron chi connectivity index (χ1n) is 10.5. The van der Waals surface area contributed by atoms with Crippen LogP contribution < -0.4 is 0 Å². The summed E-state index contributed by atoms with van der Waals surface area (Å²) in [6.07, 6.45) is 7.02. The van der Waals surface area contributed by atoms with Crippen molar-refractivity contribution in [2.75, 3.05) is 6.61 Å². The lowest BCUT2D eigenvalue weighted by molar-refractivity contribution is -0.207. The molecule has 1 aliphatic carbocycles. The Bertz CT molecular complexity index is 913. The summed E-state index contributed by atoms with van der Waals surface area (Å²) in [4.78, 5) is 0. The molecule has 2 aliphatic rings. The molecule has 1 aliphatic heterocycles. The van der Waals surface area contributed by atoms with Gasteiger partial charge in [-0.05, 0) is 59.2 Å². The van der Waals surface area contributed by atoms with Crippen LogP contribution in [0.3, 0.4) is 0 Å². The Kier molecular flexibility index (Phi) is 6.23. The van der Waals surface area contributed by atoms with E-state index in [0.717, 1.165) is 24.8 Å². The lowest BCUT2D eigenvalue weighted by Crippen LogP contribution is -2.51. The Morgan fingerprint density at radius 3 is 2.72 bits per heavy atom. The van der Waals surface area contributed by atoms with Gasteiger partial charge in [0.05, 0.1) is 18.8 Å². The molecule has 0 spiro atoms. The molecular weight excluding hydrogens is 384 g/mol. The van der Waals surface area contributed by atoms with Crippen LogP contribution in [0, 0.1) is 11.8 Å². The van der Waals surface area contributed by atoms with E-state index in [-0.39, 0.29) is 18.6 Å². The number of thiophene rings is 1. The zero-order valence-corrected chi connectivity index (χ0v) is 17.8. The minimum absolute atomic E-state index is 0.258. The van der Waals surface area contributed by atoms with Crippen molar-refractivity contribution in [3.63, 3.8) is 0 Å². The third-order valence-electron chi connectivity index (χ3n) is 6.41. The highest BCUT2D eigenvalue weighted by atomic mass is 32.1. The van der Waals surface area contributed by atoms with Gasteiger partial charge in [-0.25, -0.2) is 0 Å². The number of rotatable bonds is 5. The normalized spacial score (nSPS) is 32.5. The highest BCUT2D eigenvalue weighted by Crippen LogP contribution is 2.39. The second kappa shape index (κ2) is 8.70. The Labute approximate surface area is 176 Å². The molecular formula is C24H30O4S. The van der Waals surface area contributed by atoms with Gasteiger partial charge < -0.3 is 20.1 Å². The monoisotopic (exact) mass is 414 g/mol. The molecule has 1 aromatic carbocycles. The maximum Gasteiger partial charge on any atom is 0.110 e. The zero-order chi connectivity index (χ0) is 20.5. The number of aliphatic hydroxyl groups is 3. The number of hydrogen-bond donors (Lipinski definition) is 3. The van der Waals surface area contributed by atoms with Crippen LogP contribution in [0.2, 0.25) is 0 Å². The van der Waals surface area contributed by atoms with Gasteiger partial charge in [-0.2, -0.15) is 0 Å². The largest absolute Gasteiger partial charge is 0.394 e. The van der Waals surface area contributed by atoms with Gasteiger partial charge in [0.25, 0.3) is 0 Å². The van der Waals surface area contributed by atoms with E-state index in [4.69, 9.17) is 4.74 Å². The molecule has 6 atom stereocenters. The van der Waals surface area contributed by atoms with Crippen LogP contribution in [0.4, 0.5) is 0 Å². The fourth-order valence-electron chi connectivity index (χ4n) is 4.48. The van der Waals surface area contributed by atoms with Crippen LogP contribution >= 0.6 is 11.3 Å². The minimum atomic E-state index is -1.06. The van der Waals surface area contributed by atoms with Gasteiger partial charge in [-0.3, -0.25) is 0 Å². The van der Waals surface area contributed by atoms with Crippen LogP contribution in [-0.4, -0.2) is 40.2 Å². The van der Waals surface area contributed by atoms with Crippen LogP contribution in [0.5, 0.6) is 0 Å². The fourth-order valence-corrected chi connectivity index (χ4v) is 5.43. The van der Waals surface area contributed by atoms with E-state index in [1.54, 1.807) is 11.3 Å². The van der Waals surface area contributed by atoms with E-state index in [2.05, 4.69) is 42.7 Å². The zero-order valence-electron chi connectivity index (χ0n) is 17.0. The lowest BCUT2D eigenvalue weighted by atomic mass is 9.84. The molecule has 4 rings (SSSR count). The van der Waals surface area contributed by atoms with E-state index in [1.165, 1.54) is 21.2 Å². The molecule has 1 saturated heterocycles. The summed E-state index contributed by atoms with van der Waals surface area (Å²) < 4.78 is 7.23. The molecule has 0 bridgehead atoms. The molecule has 4 nitrogen and oxygen atoms in total. The molecule has 4 unspecified atom stereocenters. The van der Waals surface area contributed by atoms with Crippen LogP contribution in [0.25, 0.3) is 10.1 Å². The van der Waals surface area contributed by atoms with E-state index in [0.29, 0.717) is 5.92 Å². The Morgan fingerprint density at radius 1 is 1.21 bits per heavy atom. The maximum absolute atomic E-state index is 10.4. The molecule has 5 heteroatoms. The first kappa shape index (κ1) is 20.8. The quantitative estimate of drug-likeness (QED) is 0.688. The van der Waals surface area contributed by atoms with Gasteiger partial charge in [0.2, 0.25) is 0 Å². The molecule has 1 fully saturated rings. The molecule has 0 radical (unpaired) electrons. The standard InChI is InChI=1S/C24H30O4S/c1-3-15-4-6-16(7-5-15)10-18-13-29-21-9-8-17(11-19(18)21)24-14(2)22(26)23(27)20(12-25)28-24/h4-6,8-9,11,13-14,16,20,22-27H,3,7,10,12H2,1-2H3/t14-,16?,20?,22?,23-,24?/m1/s1. The number of aliphatic hydroxyl groups excluding tert-OH is 3. The third kappa shape index (κ3) is 4.07. The predicted octanol–water partition coefficient (Wildman–Crippen LogP) is 4.15. The van der Waals surface area contributed by atoms with Gasteiger partial charge in [0.1, 0.15) is 12.2 Å². The van der Waals surface area contributed by atoms with Gasteiger partial charge in [-0.15, -0.1) is 11.3 Å². The second-order valence-electron chi connectivity index (χ2n) is 8.33. The van der Waals surface area contributed by atoms with E-state index in [1.807, 2.05) is 13.0 Å². The van der Waals surface area contributed by atoms with Crippen molar-refractivity contribution in [1.29, 1.82) is 0 Å². The summed E-state index contributed by atoms with van der Waals surface area (Å²) in [6, 6.07) is 6.33. The molecule has 2 heterocycles. The number of ether oxygens (including phenoxy) is 1. The predicted molar refractivity (Wildman–Crippen MR) is 117 cm³/mol. The highest BCUT2D eigenvalue weighted by Gasteiger charge is 2.42. The average molecular weight is 415 g/mol. The Balaban J connectivity index is 1.59. The van der Waals surface area contributed by atoms with Gasteiger partial charge >= 0.3 is 0 Å². The topological polar surface area (TPSA) is 69.9 Å². The summed E-state index contributed by atoms with van der Waals surface area (Å²) in [5.74, 6) is 0.263. The van der Waals surface area contributed by atoms with Crippen molar-refractivity contribution in [2.24, 2.45) is 11.8 Å². The van der Waals surface area contributed by atoms with Gasteiger partial charge in [-0.1, -0.05) is 43.7 Å². The van der Waals surface area contributed by atoms with Crippen LogP contribution in [0.1, 0.15) is 43.9 Å². The van der Waals surface area contributed by atoms with Gasteiger partial charge in [0, 0.05) is 10.6 Å². The van der Waals surface area contributed by atoms with Crippen molar-refractivity contribution >= 4 is 21.4 Å². The average Bonchev–Trinajstić information content (AvgIpc) is 3.15. The van der Waals surface area contributed by atoms with Crippen molar-refractivity contribution in [2.45, 2.75) is 57.5 Å². The first-order chi connectivity index (χ1) is 14.0. The van der Waals surface area contributed by atoms with Crippen molar-refractivity contribution in [3.05, 3.63) is 58.5 Å². The fraction of sp³-hybridized carbons (Fsp3) is 0.500. The van der Waals surface area contributed by atoms with Crippen molar-refractivity contribution < 1.29 is 20.1 Å². The summed E-state index contributed by atoms with van der Waals surface area (Å²) in [5.41, 5.74) is 3.75. The third-order valence-corrected chi connectivity index (χ3v) is 7.42. The van der Waals surface area contributed by atoms with Gasteiger partial charge in [0.15, 0.2) is 0 Å². The summed E-state index contributed by atoms with van der Waals surface area (Å²) in [7, 11) is 0. The highest BCUT2D eigenvalue weighted by molar-refractivity contribution is 7.17. The second-order valence-corrected chi connectivity index (χ2v) is 9.24. The SMILES string of the molecule is CCC1=CCC(Cc2csc3ccc(C4OC(CO)[C@@H](O)C(O)[C@H]4C)cc23)C=C1. The molecule has 0 saturated carbocycles. The summed E-state index contributed by atoms with van der Waals surface area (Å²) >= 11 is 1.76. The number of hydrogen-bond acceptors (Lipinski definition) is 5. The number of benzene rings is 1. The van der Waals surface area contributed by atoms with Crippen LogP contribution in [0.15, 0.2) is 47.4 Å². The summed E-state index contributed by atoms with van der Waals surface area (Å²) in [6.45, 7) is 3.76. The smallest absolute Gasteiger partial charge is 0.110 e. The lowest BCUT2D eigenvalue weighted by Gasteiger charge is -2.41. The van der Waals surface area contributed by atoms with E-state index >= 15 is 0 Å². The molecule has 3 N–H and O–H groups in total. The molecule has 156 valence electrons. The Morgan fingerprint density at radius 2 is 2.03 bits per heavy atom. The van der Waals surface area contributed by atoms with Crippen LogP contribution in [-0.2, 0) is 11.2 Å². The first-order valence-corrected chi connectivity index (χ1v) is 11.4. The molecule has 1 aromatic heterocycles. The number of allylic oxidation sites excluding steroid dienone is 4.